The number of methoxy groups -OCH3 is 3. The van der Waals surface area contributed by atoms with E-state index in [2.05, 4.69) is 57.5 Å². The number of aromatic nitrogens is 4. The van der Waals surface area contributed by atoms with Crippen LogP contribution in [0.15, 0.2) is 79.5 Å². The van der Waals surface area contributed by atoms with Crippen LogP contribution in [0.2, 0.25) is 0 Å². The van der Waals surface area contributed by atoms with Gasteiger partial charge in [-0.1, -0.05) is 69.3 Å². The highest BCUT2D eigenvalue weighted by Crippen LogP contribution is 2.45. The van der Waals surface area contributed by atoms with Gasteiger partial charge in [0, 0.05) is 42.4 Å². The number of alkyl carbamates (subject to hydrolysis) is 2. The molecular weight excluding hydrogens is 853 g/mol. The van der Waals surface area contributed by atoms with E-state index < -0.39 is 30.3 Å². The van der Waals surface area contributed by atoms with Crippen molar-refractivity contribution in [1.82, 2.24) is 40.4 Å². The molecule has 0 fully saturated rings. The Morgan fingerprint density at radius 3 is 2.31 bits per heavy atom. The monoisotopic (exact) mass is 914 g/mol. The summed E-state index contributed by atoms with van der Waals surface area (Å²) in [5.74, 6) is 1.13. The van der Waals surface area contributed by atoms with Gasteiger partial charge in [-0.15, -0.1) is 6.58 Å². The number of aryl methyl sites for hydroxylation is 2. The summed E-state index contributed by atoms with van der Waals surface area (Å²) in [7, 11) is 4.16. The standard InChI is InChI=1S/C51H62N8O8/c1-10-30(5)59(49(61)44(29(3)4)56-50(62)65-8)31(6)47-52-24-41(54-47)35-17-19-37-36(21-35)28-67-42-23-38-34(22-39(37)42)18-20-40-46(38)55-43(53-40)26-58(25-32(11-2)27-64-7)48(60)45(57-51(63)66-9)33-15-13-12-14-16-33/h11-17,19,21-24,29-32,44-45H,2,10,18,20,25-28H2,1,3-9H3,(H,52,54)(H,53,55)(H,56,62)(H,57,63)/t30-,31-,32?,44-,45+/m0/s1. The maximum Gasteiger partial charge on any atom is 0.407 e. The smallest absolute Gasteiger partial charge is 0.407 e. The normalized spacial score (nSPS) is 14.6. The van der Waals surface area contributed by atoms with Crippen LogP contribution in [0.3, 0.4) is 0 Å². The molecule has 2 aromatic heterocycles. The zero-order chi connectivity index (χ0) is 47.9. The Kier molecular flexibility index (Phi) is 15.1. The summed E-state index contributed by atoms with van der Waals surface area (Å²) >= 11 is 0. The number of hydrogen-bond donors (Lipinski definition) is 4. The molecule has 3 heterocycles. The van der Waals surface area contributed by atoms with Crippen molar-refractivity contribution in [3.63, 3.8) is 0 Å². The quantitative estimate of drug-likeness (QED) is 0.0625. The maximum atomic E-state index is 14.4. The second kappa shape index (κ2) is 21.1. The van der Waals surface area contributed by atoms with Crippen LogP contribution in [0.5, 0.6) is 5.75 Å². The van der Waals surface area contributed by atoms with Crippen LogP contribution >= 0.6 is 0 Å². The van der Waals surface area contributed by atoms with Crippen molar-refractivity contribution >= 4 is 24.0 Å². The van der Waals surface area contributed by atoms with Gasteiger partial charge in [0.25, 0.3) is 0 Å². The fraction of sp³-hybridized carbons (Fsp3) is 0.412. The third-order valence-corrected chi connectivity index (χ3v) is 12.8. The Labute approximate surface area is 391 Å². The number of benzene rings is 3. The molecule has 0 saturated heterocycles. The summed E-state index contributed by atoms with van der Waals surface area (Å²) in [5, 5.41) is 5.45. The van der Waals surface area contributed by atoms with Crippen LogP contribution in [0.4, 0.5) is 9.59 Å². The van der Waals surface area contributed by atoms with Crippen molar-refractivity contribution in [3.8, 4) is 39.4 Å². The highest BCUT2D eigenvalue weighted by Gasteiger charge is 2.36. The lowest BCUT2D eigenvalue weighted by Gasteiger charge is -2.37. The van der Waals surface area contributed by atoms with Crippen LogP contribution < -0.4 is 15.4 Å². The third kappa shape index (κ3) is 10.4. The molecule has 2 aliphatic rings. The number of carbonyl (C=O) groups excluding carboxylic acids is 4. The number of nitrogens with one attached hydrogen (secondary N) is 4. The average Bonchev–Trinajstić information content (AvgIpc) is 4.01. The number of ether oxygens (including phenoxy) is 4. The number of amides is 4. The zero-order valence-corrected chi connectivity index (χ0v) is 39.6. The van der Waals surface area contributed by atoms with Crippen molar-refractivity contribution in [2.24, 2.45) is 11.8 Å². The van der Waals surface area contributed by atoms with Crippen LogP contribution in [0.25, 0.3) is 33.6 Å². The second-order valence-electron chi connectivity index (χ2n) is 17.5. The van der Waals surface area contributed by atoms with Crippen LogP contribution in [0, 0.1) is 11.8 Å². The van der Waals surface area contributed by atoms with Crippen LogP contribution in [-0.2, 0) is 49.8 Å². The fourth-order valence-corrected chi connectivity index (χ4v) is 8.95. The molecule has 5 atom stereocenters. The molecule has 16 nitrogen and oxygen atoms in total. The van der Waals surface area contributed by atoms with Gasteiger partial charge in [-0.05, 0) is 85.0 Å². The minimum Gasteiger partial charge on any atom is -0.488 e. The molecule has 67 heavy (non-hydrogen) atoms. The number of aromatic amines is 2. The lowest BCUT2D eigenvalue weighted by atomic mass is 9.86. The molecule has 4 amide bonds. The second-order valence-corrected chi connectivity index (χ2v) is 17.5. The summed E-state index contributed by atoms with van der Waals surface area (Å²) in [5.41, 5.74) is 9.38. The fourth-order valence-electron chi connectivity index (χ4n) is 8.95. The Hall–Kier alpha value is -6.94. The Balaban J connectivity index is 1.13. The minimum absolute atomic E-state index is 0.121. The summed E-state index contributed by atoms with van der Waals surface area (Å²) in [4.78, 5) is 73.4. The molecule has 3 aromatic carbocycles. The molecule has 0 bridgehead atoms. The van der Waals surface area contributed by atoms with Gasteiger partial charge in [0.2, 0.25) is 11.8 Å². The molecule has 1 aliphatic heterocycles. The highest BCUT2D eigenvalue weighted by atomic mass is 16.5. The zero-order valence-electron chi connectivity index (χ0n) is 39.6. The number of nitrogens with zero attached hydrogens (tertiary/aromatic N) is 4. The van der Waals surface area contributed by atoms with Gasteiger partial charge in [-0.3, -0.25) is 9.59 Å². The minimum atomic E-state index is -1.00. The first-order valence-corrected chi connectivity index (χ1v) is 22.8. The van der Waals surface area contributed by atoms with Crippen LogP contribution in [0.1, 0.15) is 87.2 Å². The Morgan fingerprint density at radius 1 is 0.881 bits per heavy atom. The molecule has 0 spiro atoms. The first kappa shape index (κ1) is 48.0. The van der Waals surface area contributed by atoms with E-state index in [1.807, 2.05) is 52.8 Å². The molecule has 0 saturated carbocycles. The number of hydrogen-bond acceptors (Lipinski definition) is 10. The van der Waals surface area contributed by atoms with Crippen molar-refractivity contribution < 1.29 is 38.1 Å². The number of carbonyl (C=O) groups is 4. The highest BCUT2D eigenvalue weighted by molar-refractivity contribution is 5.88. The Bertz CT molecular complexity index is 2590. The van der Waals surface area contributed by atoms with Gasteiger partial charge in [-0.2, -0.15) is 0 Å². The van der Waals surface area contributed by atoms with E-state index in [0.29, 0.717) is 36.8 Å². The number of imidazole rings is 2. The van der Waals surface area contributed by atoms with Crippen molar-refractivity contribution in [1.29, 1.82) is 0 Å². The number of fused-ring (bicyclic) bond motifs is 6. The predicted molar refractivity (Wildman–Crippen MR) is 254 cm³/mol. The van der Waals surface area contributed by atoms with Crippen molar-refractivity contribution in [2.45, 2.75) is 91.2 Å². The van der Waals surface area contributed by atoms with E-state index in [1.54, 1.807) is 41.3 Å². The van der Waals surface area contributed by atoms with Gasteiger partial charge in [0.05, 0.1) is 51.0 Å². The van der Waals surface area contributed by atoms with Gasteiger partial charge in [-0.25, -0.2) is 19.6 Å². The summed E-state index contributed by atoms with van der Waals surface area (Å²) in [6.07, 6.45) is 4.40. The molecule has 16 heteroatoms. The largest absolute Gasteiger partial charge is 0.488 e. The van der Waals surface area contributed by atoms with Crippen LogP contribution in [-0.4, -0.2) is 100 Å². The first-order valence-electron chi connectivity index (χ1n) is 22.8. The average molecular weight is 915 g/mol. The summed E-state index contributed by atoms with van der Waals surface area (Å²) < 4.78 is 21.6. The molecule has 1 aliphatic carbocycles. The lowest BCUT2D eigenvalue weighted by molar-refractivity contribution is -0.139. The van der Waals surface area contributed by atoms with Gasteiger partial charge in [0.15, 0.2) is 0 Å². The van der Waals surface area contributed by atoms with E-state index >= 15 is 0 Å². The molecule has 5 aromatic rings. The van der Waals surface area contributed by atoms with E-state index in [9.17, 15) is 19.2 Å². The summed E-state index contributed by atoms with van der Waals surface area (Å²) in [6.45, 7) is 14.9. The van der Waals surface area contributed by atoms with Gasteiger partial charge >= 0.3 is 12.2 Å². The SMILES string of the molecule is C=CC(COC)CN(Cc1nc2c([nH]1)CCc1cc3c(cc1-2)OCc1cc(-c2cnc([C@H](C)N(C(=O)[C@@H](NC(=O)OC)C(C)C)[C@@H](C)CC)[nH]2)ccc1-3)C(=O)[C@H](NC(=O)OC)c1ccccc1. The molecule has 7 rings (SSSR count). The molecule has 354 valence electrons. The summed E-state index contributed by atoms with van der Waals surface area (Å²) in [6, 6.07) is 17.4. The Morgan fingerprint density at radius 2 is 1.63 bits per heavy atom. The topological polar surface area (TPSA) is 193 Å². The maximum absolute atomic E-state index is 14.4. The van der Waals surface area contributed by atoms with E-state index in [1.165, 1.54) is 14.2 Å². The van der Waals surface area contributed by atoms with Gasteiger partial charge in [0.1, 0.15) is 36.1 Å². The third-order valence-electron chi connectivity index (χ3n) is 12.8. The predicted octanol–water partition coefficient (Wildman–Crippen LogP) is 8.07. The van der Waals surface area contributed by atoms with Crippen molar-refractivity contribution in [3.05, 3.63) is 114 Å². The lowest BCUT2D eigenvalue weighted by Crippen LogP contribution is -2.54. The van der Waals surface area contributed by atoms with E-state index in [4.69, 9.17) is 28.9 Å². The van der Waals surface area contributed by atoms with Gasteiger partial charge < -0.3 is 49.3 Å². The molecule has 1 unspecified atom stereocenters. The molecule has 4 N–H and O–H groups in total. The van der Waals surface area contributed by atoms with Crippen molar-refractivity contribution in [2.75, 3.05) is 34.5 Å². The first-order chi connectivity index (χ1) is 32.3. The molecular formula is C51H62N8O8. The van der Waals surface area contributed by atoms with E-state index in [0.717, 1.165) is 69.1 Å². The number of rotatable bonds is 18. The molecule has 0 radical (unpaired) electrons. The number of H-pyrrole nitrogens is 2. The van der Waals surface area contributed by atoms with E-state index in [-0.39, 0.29) is 42.8 Å².